The predicted octanol–water partition coefficient (Wildman–Crippen LogP) is 2.40. The molecule has 0 aliphatic carbocycles. The Morgan fingerprint density at radius 1 is 1.33 bits per heavy atom. The van der Waals surface area contributed by atoms with Crippen molar-refractivity contribution in [3.8, 4) is 5.75 Å². The van der Waals surface area contributed by atoms with Gasteiger partial charge in [-0.1, -0.05) is 0 Å². The highest BCUT2D eigenvalue weighted by atomic mass is 32.2. The average Bonchev–Trinajstić information content (AvgIpc) is 1.91. The minimum Gasteiger partial charge on any atom is -0.506 e. The lowest BCUT2D eigenvalue weighted by Gasteiger charge is -2.03. The van der Waals surface area contributed by atoms with Gasteiger partial charge in [0.15, 0.2) is 0 Å². The number of halogens is 3. The number of alkyl halides is 3. The third-order valence-electron chi connectivity index (χ3n) is 0.941. The Hall–Kier alpha value is -0.910. The van der Waals surface area contributed by atoms with Crippen molar-refractivity contribution in [1.82, 2.24) is 4.98 Å². The summed E-state index contributed by atoms with van der Waals surface area (Å²) in [6, 6.07) is 2.26. The van der Waals surface area contributed by atoms with E-state index in [1.165, 1.54) is 0 Å². The highest BCUT2D eigenvalue weighted by molar-refractivity contribution is 8.00. The fourth-order valence-corrected chi connectivity index (χ4v) is 1.03. The van der Waals surface area contributed by atoms with E-state index in [1.807, 2.05) is 0 Å². The van der Waals surface area contributed by atoms with Crippen LogP contribution in [0.3, 0.4) is 0 Å². The summed E-state index contributed by atoms with van der Waals surface area (Å²) < 4.78 is 35.1. The van der Waals surface area contributed by atoms with Gasteiger partial charge in [-0.3, -0.25) is 0 Å². The highest BCUT2D eigenvalue weighted by Crippen LogP contribution is 2.35. The number of rotatable bonds is 1. The Morgan fingerprint density at radius 2 is 2.00 bits per heavy atom. The molecule has 0 bridgehead atoms. The van der Waals surface area contributed by atoms with Crippen LogP contribution in [0.2, 0.25) is 0 Å². The van der Waals surface area contributed by atoms with Crippen LogP contribution >= 0.6 is 11.8 Å². The molecule has 0 aliphatic heterocycles. The van der Waals surface area contributed by atoms with Crippen molar-refractivity contribution >= 4 is 11.8 Å². The molecule has 0 aromatic carbocycles. The van der Waals surface area contributed by atoms with Crippen LogP contribution in [0.25, 0.3) is 0 Å². The van der Waals surface area contributed by atoms with Crippen LogP contribution < -0.4 is 0 Å². The zero-order valence-corrected chi connectivity index (χ0v) is 6.49. The number of aromatic nitrogens is 1. The summed E-state index contributed by atoms with van der Waals surface area (Å²) in [6.07, 6.45) is 0.966. The molecular weight excluding hydrogens is 191 g/mol. The molecule has 0 saturated heterocycles. The standard InChI is InChI=1S/C6H4F3NOS/c7-6(8,9)12-5-2-1-4(11)3-10-5/h1-3,11H. The Labute approximate surface area is 70.4 Å². The lowest BCUT2D eigenvalue weighted by molar-refractivity contribution is -0.0329. The molecule has 0 aliphatic rings. The van der Waals surface area contributed by atoms with E-state index in [1.54, 1.807) is 0 Å². The van der Waals surface area contributed by atoms with Crippen LogP contribution in [0.4, 0.5) is 13.2 Å². The zero-order chi connectivity index (χ0) is 9.19. The molecule has 12 heavy (non-hydrogen) atoms. The smallest absolute Gasteiger partial charge is 0.447 e. The lowest BCUT2D eigenvalue weighted by Crippen LogP contribution is -1.99. The fourth-order valence-electron chi connectivity index (χ4n) is 0.551. The van der Waals surface area contributed by atoms with Crippen LogP contribution in [0.5, 0.6) is 5.75 Å². The molecule has 1 N–H and O–H groups in total. The van der Waals surface area contributed by atoms with Crippen molar-refractivity contribution in [2.75, 3.05) is 0 Å². The number of thioether (sulfide) groups is 1. The number of pyridine rings is 1. The van der Waals surface area contributed by atoms with Crippen molar-refractivity contribution in [3.05, 3.63) is 18.3 Å². The van der Waals surface area contributed by atoms with E-state index in [9.17, 15) is 13.2 Å². The molecule has 0 amide bonds. The largest absolute Gasteiger partial charge is 0.506 e. The first kappa shape index (κ1) is 9.18. The number of nitrogens with zero attached hydrogens (tertiary/aromatic N) is 1. The van der Waals surface area contributed by atoms with Gasteiger partial charge >= 0.3 is 5.51 Å². The quantitative estimate of drug-likeness (QED) is 0.698. The Kier molecular flexibility index (Phi) is 2.46. The summed E-state index contributed by atoms with van der Waals surface area (Å²) >= 11 is -0.313. The maximum absolute atomic E-state index is 11.7. The number of hydrogen-bond acceptors (Lipinski definition) is 3. The van der Waals surface area contributed by atoms with Crippen molar-refractivity contribution in [2.45, 2.75) is 10.5 Å². The van der Waals surface area contributed by atoms with E-state index in [0.29, 0.717) is 0 Å². The van der Waals surface area contributed by atoms with Gasteiger partial charge in [-0.25, -0.2) is 4.98 Å². The molecule has 66 valence electrons. The minimum atomic E-state index is -4.33. The van der Waals surface area contributed by atoms with Gasteiger partial charge < -0.3 is 5.11 Å². The van der Waals surface area contributed by atoms with Gasteiger partial charge in [0.25, 0.3) is 0 Å². The van der Waals surface area contributed by atoms with Gasteiger partial charge in [0, 0.05) is 11.8 Å². The second kappa shape index (κ2) is 3.22. The van der Waals surface area contributed by atoms with Gasteiger partial charge in [-0.15, -0.1) is 0 Å². The van der Waals surface area contributed by atoms with Crippen LogP contribution in [0, 0.1) is 0 Å². The van der Waals surface area contributed by atoms with E-state index in [-0.39, 0.29) is 22.5 Å². The van der Waals surface area contributed by atoms with Gasteiger partial charge in [-0.2, -0.15) is 13.2 Å². The van der Waals surface area contributed by atoms with Crippen LogP contribution in [-0.2, 0) is 0 Å². The second-order valence-corrected chi connectivity index (χ2v) is 2.99. The van der Waals surface area contributed by atoms with Crippen LogP contribution in [-0.4, -0.2) is 15.6 Å². The summed E-state index contributed by atoms with van der Waals surface area (Å²) in [5, 5.41) is 8.52. The molecule has 0 saturated carbocycles. The van der Waals surface area contributed by atoms with E-state index in [2.05, 4.69) is 4.98 Å². The van der Waals surface area contributed by atoms with Crippen LogP contribution in [0.15, 0.2) is 23.4 Å². The molecule has 0 atom stereocenters. The average molecular weight is 195 g/mol. The summed E-state index contributed by atoms with van der Waals surface area (Å²) in [7, 11) is 0. The molecule has 1 aromatic rings. The molecule has 0 spiro atoms. The van der Waals surface area contributed by atoms with Crippen molar-refractivity contribution < 1.29 is 18.3 Å². The van der Waals surface area contributed by atoms with Crippen LogP contribution in [0.1, 0.15) is 0 Å². The first-order valence-electron chi connectivity index (χ1n) is 2.88. The van der Waals surface area contributed by atoms with E-state index < -0.39 is 5.51 Å². The third kappa shape index (κ3) is 3.00. The Balaban J connectivity index is 2.71. The summed E-state index contributed by atoms with van der Waals surface area (Å²) in [6.45, 7) is 0. The van der Waals surface area contributed by atoms with Gasteiger partial charge in [0.1, 0.15) is 10.8 Å². The SMILES string of the molecule is Oc1ccc(SC(F)(F)F)nc1. The zero-order valence-electron chi connectivity index (χ0n) is 5.67. The third-order valence-corrected chi connectivity index (χ3v) is 1.62. The molecule has 1 heterocycles. The highest BCUT2D eigenvalue weighted by Gasteiger charge is 2.29. The molecule has 1 rings (SSSR count). The van der Waals surface area contributed by atoms with E-state index in [0.717, 1.165) is 18.3 Å². The predicted molar refractivity (Wildman–Crippen MR) is 37.8 cm³/mol. The first-order valence-corrected chi connectivity index (χ1v) is 3.70. The second-order valence-electron chi connectivity index (χ2n) is 1.90. The minimum absolute atomic E-state index is 0.151. The van der Waals surface area contributed by atoms with Crippen molar-refractivity contribution in [3.63, 3.8) is 0 Å². The molecule has 2 nitrogen and oxygen atoms in total. The Morgan fingerprint density at radius 3 is 2.42 bits per heavy atom. The topological polar surface area (TPSA) is 33.1 Å². The van der Waals surface area contributed by atoms with Crippen molar-refractivity contribution in [2.24, 2.45) is 0 Å². The summed E-state index contributed by atoms with van der Waals surface area (Å²) in [5.74, 6) is -0.151. The number of hydrogen-bond donors (Lipinski definition) is 1. The summed E-state index contributed by atoms with van der Waals surface area (Å²) in [5.41, 5.74) is -4.33. The monoisotopic (exact) mass is 195 g/mol. The van der Waals surface area contributed by atoms with Gasteiger partial charge in [-0.05, 0) is 12.1 Å². The van der Waals surface area contributed by atoms with Crippen molar-refractivity contribution in [1.29, 1.82) is 0 Å². The number of aromatic hydroxyl groups is 1. The normalized spacial score (nSPS) is 11.6. The maximum Gasteiger partial charge on any atom is 0.447 e. The maximum atomic E-state index is 11.7. The fraction of sp³-hybridized carbons (Fsp3) is 0.167. The molecular formula is C6H4F3NOS. The molecule has 6 heteroatoms. The first-order chi connectivity index (χ1) is 5.47. The molecule has 0 fully saturated rings. The van der Waals surface area contributed by atoms with Gasteiger partial charge in [0.2, 0.25) is 0 Å². The lowest BCUT2D eigenvalue weighted by atomic mass is 10.5. The van der Waals surface area contributed by atoms with E-state index >= 15 is 0 Å². The van der Waals surface area contributed by atoms with E-state index in [4.69, 9.17) is 5.11 Å². The molecule has 0 unspecified atom stereocenters. The molecule has 0 radical (unpaired) electrons. The van der Waals surface area contributed by atoms with Gasteiger partial charge in [0.05, 0.1) is 6.20 Å². The molecule has 1 aromatic heterocycles. The Bertz CT molecular complexity index is 258. The summed E-state index contributed by atoms with van der Waals surface area (Å²) in [4.78, 5) is 3.36.